The van der Waals surface area contributed by atoms with Crippen molar-refractivity contribution in [2.45, 2.75) is 51.6 Å². The number of hydrogen-bond acceptors (Lipinski definition) is 3. The first kappa shape index (κ1) is 15.8. The quantitative estimate of drug-likeness (QED) is 0.713. The van der Waals surface area contributed by atoms with E-state index in [1.165, 1.54) is 0 Å². The van der Waals surface area contributed by atoms with E-state index in [0.29, 0.717) is 6.54 Å². The number of aliphatic hydroxyl groups excluding tert-OH is 1. The van der Waals surface area contributed by atoms with Crippen molar-refractivity contribution in [3.8, 4) is 0 Å². The minimum atomic E-state index is -0.928. The van der Waals surface area contributed by atoms with Gasteiger partial charge in [0.25, 0.3) is 0 Å². The molecule has 1 aliphatic rings. The molecule has 0 aliphatic carbocycles. The van der Waals surface area contributed by atoms with E-state index in [1.807, 2.05) is 0 Å². The average Bonchev–Trinajstić information content (AvgIpc) is 2.62. The number of aliphatic carboxylic acids is 1. The summed E-state index contributed by atoms with van der Waals surface area (Å²) < 4.78 is 0. The number of aliphatic hydroxyl groups is 1. The lowest BCUT2D eigenvalue weighted by molar-refractivity contribution is -0.141. The van der Waals surface area contributed by atoms with Crippen molar-refractivity contribution in [1.29, 1.82) is 0 Å². The van der Waals surface area contributed by atoms with Gasteiger partial charge in [-0.2, -0.15) is 0 Å². The van der Waals surface area contributed by atoms with Crippen molar-refractivity contribution >= 4 is 12.0 Å². The van der Waals surface area contributed by atoms with Crippen LogP contribution in [0.5, 0.6) is 0 Å². The number of carboxylic acid groups (broad SMARTS) is 1. The normalized spacial score (nSPS) is 23.3. The standard InChI is InChI=1S/C13H24N2O4/c1-9(12(17)18)10(2)14-13(19)15-7-5-3-4-6-11(15)8-16/h9-11,16H,3-8H2,1-2H3,(H,14,19)(H,17,18). The second-order valence-electron chi connectivity index (χ2n) is 5.24. The molecular formula is C13H24N2O4. The molecule has 2 amide bonds. The van der Waals surface area contributed by atoms with Crippen LogP contribution in [0.2, 0.25) is 0 Å². The molecule has 1 fully saturated rings. The third-order valence-electron chi connectivity index (χ3n) is 3.84. The number of carbonyl (C=O) groups excluding carboxylic acids is 1. The van der Waals surface area contributed by atoms with Gasteiger partial charge >= 0.3 is 12.0 Å². The summed E-state index contributed by atoms with van der Waals surface area (Å²) in [6.07, 6.45) is 3.79. The lowest BCUT2D eigenvalue weighted by atomic mass is 10.0. The highest BCUT2D eigenvalue weighted by Gasteiger charge is 2.28. The SMILES string of the molecule is CC(NC(=O)N1CCCCCC1CO)C(C)C(=O)O. The Morgan fingerprint density at radius 3 is 2.58 bits per heavy atom. The fourth-order valence-corrected chi connectivity index (χ4v) is 2.25. The van der Waals surface area contributed by atoms with Crippen LogP contribution in [0.15, 0.2) is 0 Å². The first-order chi connectivity index (χ1) is 8.97. The number of amides is 2. The second kappa shape index (κ2) is 7.33. The fourth-order valence-electron chi connectivity index (χ4n) is 2.25. The van der Waals surface area contributed by atoms with Gasteiger partial charge in [-0.15, -0.1) is 0 Å². The molecule has 1 heterocycles. The van der Waals surface area contributed by atoms with Gasteiger partial charge in [0.05, 0.1) is 18.6 Å². The highest BCUT2D eigenvalue weighted by molar-refractivity contribution is 5.77. The topological polar surface area (TPSA) is 89.9 Å². The maximum Gasteiger partial charge on any atom is 0.317 e. The molecule has 0 spiro atoms. The Labute approximate surface area is 113 Å². The summed E-state index contributed by atoms with van der Waals surface area (Å²) in [6, 6.07) is -0.871. The van der Waals surface area contributed by atoms with Crippen LogP contribution < -0.4 is 5.32 Å². The first-order valence-electron chi connectivity index (χ1n) is 6.88. The molecular weight excluding hydrogens is 248 g/mol. The van der Waals surface area contributed by atoms with Gasteiger partial charge in [-0.05, 0) is 26.7 Å². The molecule has 3 N–H and O–H groups in total. The van der Waals surface area contributed by atoms with Crippen LogP contribution in [-0.4, -0.2) is 52.3 Å². The Hall–Kier alpha value is -1.30. The van der Waals surface area contributed by atoms with E-state index < -0.39 is 17.9 Å². The molecule has 3 atom stereocenters. The monoisotopic (exact) mass is 272 g/mol. The molecule has 3 unspecified atom stereocenters. The van der Waals surface area contributed by atoms with Gasteiger partial charge in [-0.3, -0.25) is 4.79 Å². The van der Waals surface area contributed by atoms with Gasteiger partial charge in [-0.1, -0.05) is 12.8 Å². The van der Waals surface area contributed by atoms with Crippen LogP contribution >= 0.6 is 0 Å². The van der Waals surface area contributed by atoms with Crippen molar-refractivity contribution in [2.75, 3.05) is 13.2 Å². The summed E-state index contributed by atoms with van der Waals surface area (Å²) in [5, 5.41) is 21.0. The minimum Gasteiger partial charge on any atom is -0.481 e. The summed E-state index contributed by atoms with van der Waals surface area (Å²) in [6.45, 7) is 3.82. The van der Waals surface area contributed by atoms with Crippen LogP contribution in [-0.2, 0) is 4.79 Å². The first-order valence-corrected chi connectivity index (χ1v) is 6.88. The Morgan fingerprint density at radius 2 is 2.00 bits per heavy atom. The van der Waals surface area contributed by atoms with Crippen molar-refractivity contribution in [2.24, 2.45) is 5.92 Å². The molecule has 1 rings (SSSR count). The lowest BCUT2D eigenvalue weighted by Gasteiger charge is -2.30. The number of urea groups is 1. The third-order valence-corrected chi connectivity index (χ3v) is 3.84. The van der Waals surface area contributed by atoms with E-state index in [9.17, 15) is 14.7 Å². The molecule has 0 saturated carbocycles. The zero-order chi connectivity index (χ0) is 14.4. The van der Waals surface area contributed by atoms with Crippen LogP contribution in [0.4, 0.5) is 4.79 Å². The molecule has 0 bridgehead atoms. The molecule has 1 saturated heterocycles. The number of nitrogens with zero attached hydrogens (tertiary/aromatic N) is 1. The molecule has 110 valence electrons. The smallest absolute Gasteiger partial charge is 0.317 e. The fraction of sp³-hybridized carbons (Fsp3) is 0.846. The second-order valence-corrected chi connectivity index (χ2v) is 5.24. The molecule has 0 aromatic rings. The Balaban J connectivity index is 2.61. The summed E-state index contributed by atoms with van der Waals surface area (Å²) in [5.41, 5.74) is 0. The average molecular weight is 272 g/mol. The van der Waals surface area contributed by atoms with Gasteiger partial charge in [-0.25, -0.2) is 4.79 Å². The highest BCUT2D eigenvalue weighted by atomic mass is 16.4. The van der Waals surface area contributed by atoms with Gasteiger partial charge in [0.15, 0.2) is 0 Å². The predicted octanol–water partition coefficient (Wildman–Crippen LogP) is 1.04. The van der Waals surface area contributed by atoms with Crippen LogP contribution in [0.25, 0.3) is 0 Å². The van der Waals surface area contributed by atoms with Crippen molar-refractivity contribution in [3.63, 3.8) is 0 Å². The van der Waals surface area contributed by atoms with E-state index in [2.05, 4.69) is 5.32 Å². The maximum atomic E-state index is 12.2. The van der Waals surface area contributed by atoms with Crippen molar-refractivity contribution in [1.82, 2.24) is 10.2 Å². The highest BCUT2D eigenvalue weighted by Crippen LogP contribution is 2.17. The molecule has 1 aliphatic heterocycles. The summed E-state index contributed by atoms with van der Waals surface area (Å²) >= 11 is 0. The number of nitrogens with one attached hydrogen (secondary N) is 1. The van der Waals surface area contributed by atoms with Crippen LogP contribution in [0.1, 0.15) is 39.5 Å². The number of hydrogen-bond donors (Lipinski definition) is 3. The lowest BCUT2D eigenvalue weighted by Crippen LogP contribution is -2.51. The Morgan fingerprint density at radius 1 is 1.32 bits per heavy atom. The number of carboxylic acids is 1. The van der Waals surface area contributed by atoms with Crippen molar-refractivity contribution in [3.05, 3.63) is 0 Å². The third kappa shape index (κ3) is 4.38. The van der Waals surface area contributed by atoms with E-state index in [0.717, 1.165) is 25.7 Å². The summed E-state index contributed by atoms with van der Waals surface area (Å²) in [4.78, 5) is 24.7. The Kier molecular flexibility index (Phi) is 6.08. The molecule has 19 heavy (non-hydrogen) atoms. The molecule has 0 aromatic heterocycles. The molecule has 0 aromatic carbocycles. The molecule has 6 heteroatoms. The van der Waals surface area contributed by atoms with Crippen LogP contribution in [0.3, 0.4) is 0 Å². The Bertz CT molecular complexity index is 322. The van der Waals surface area contributed by atoms with Gasteiger partial charge in [0, 0.05) is 12.6 Å². The molecule has 6 nitrogen and oxygen atoms in total. The maximum absolute atomic E-state index is 12.2. The van der Waals surface area contributed by atoms with Crippen LogP contribution in [0, 0.1) is 5.92 Å². The van der Waals surface area contributed by atoms with E-state index in [1.54, 1.807) is 18.7 Å². The minimum absolute atomic E-state index is 0.0454. The summed E-state index contributed by atoms with van der Waals surface area (Å²) in [7, 11) is 0. The number of rotatable bonds is 4. The number of likely N-dealkylation sites (tertiary alicyclic amines) is 1. The van der Waals surface area contributed by atoms with Gasteiger partial charge in [0.2, 0.25) is 0 Å². The van der Waals surface area contributed by atoms with E-state index in [4.69, 9.17) is 5.11 Å². The zero-order valence-corrected chi connectivity index (χ0v) is 11.6. The van der Waals surface area contributed by atoms with Crippen molar-refractivity contribution < 1.29 is 19.8 Å². The van der Waals surface area contributed by atoms with E-state index in [-0.39, 0.29) is 18.7 Å². The summed E-state index contributed by atoms with van der Waals surface area (Å²) in [5.74, 6) is -1.56. The zero-order valence-electron chi connectivity index (χ0n) is 11.6. The largest absolute Gasteiger partial charge is 0.481 e. The molecule has 0 radical (unpaired) electrons. The van der Waals surface area contributed by atoms with Gasteiger partial charge in [0.1, 0.15) is 0 Å². The predicted molar refractivity (Wildman–Crippen MR) is 70.8 cm³/mol. The van der Waals surface area contributed by atoms with E-state index >= 15 is 0 Å². The number of carbonyl (C=O) groups is 2. The van der Waals surface area contributed by atoms with Gasteiger partial charge < -0.3 is 20.4 Å².